The molecular formula is C24H24N6O3S. The van der Waals surface area contributed by atoms with Crippen LogP contribution in [0.1, 0.15) is 21.3 Å². The Kier molecular flexibility index (Phi) is 6.33. The molecular weight excluding hydrogens is 452 g/mol. The minimum absolute atomic E-state index is 0.0245. The fourth-order valence-corrected chi connectivity index (χ4v) is 4.83. The highest BCUT2D eigenvalue weighted by molar-refractivity contribution is 7.17. The molecule has 1 fully saturated rings. The smallest absolute Gasteiger partial charge is 0.265 e. The van der Waals surface area contributed by atoms with E-state index in [4.69, 9.17) is 9.26 Å². The molecule has 1 saturated heterocycles. The first kappa shape index (κ1) is 22.2. The molecule has 1 aromatic carbocycles. The number of benzene rings is 1. The lowest BCUT2D eigenvalue weighted by molar-refractivity contribution is 0.0619. The van der Waals surface area contributed by atoms with Gasteiger partial charge in [0.1, 0.15) is 15.6 Å². The molecule has 0 N–H and O–H groups in total. The second-order valence-corrected chi connectivity index (χ2v) is 8.96. The molecule has 4 aromatic rings. The van der Waals surface area contributed by atoms with Crippen molar-refractivity contribution in [2.45, 2.75) is 13.5 Å². The quantitative estimate of drug-likeness (QED) is 0.417. The number of thiazole rings is 1. The first-order chi connectivity index (χ1) is 16.6. The van der Waals surface area contributed by atoms with E-state index in [1.165, 1.54) is 11.3 Å². The van der Waals surface area contributed by atoms with Crippen molar-refractivity contribution in [2.75, 3.05) is 33.3 Å². The molecule has 10 heteroatoms. The van der Waals surface area contributed by atoms with E-state index in [0.717, 1.165) is 40.8 Å². The normalized spacial score (nSPS) is 14.4. The molecule has 174 valence electrons. The van der Waals surface area contributed by atoms with Gasteiger partial charge in [-0.2, -0.15) is 4.98 Å². The summed E-state index contributed by atoms with van der Waals surface area (Å²) in [5, 5.41) is 4.87. The fourth-order valence-electron chi connectivity index (χ4n) is 3.81. The molecule has 3 aromatic heterocycles. The van der Waals surface area contributed by atoms with Gasteiger partial charge >= 0.3 is 0 Å². The summed E-state index contributed by atoms with van der Waals surface area (Å²) >= 11 is 1.40. The third-order valence-electron chi connectivity index (χ3n) is 5.71. The van der Waals surface area contributed by atoms with Gasteiger partial charge in [-0.25, -0.2) is 4.98 Å². The molecule has 4 heterocycles. The second kappa shape index (κ2) is 9.70. The van der Waals surface area contributed by atoms with Gasteiger partial charge in [0.05, 0.1) is 25.0 Å². The Balaban J connectivity index is 1.18. The number of ether oxygens (including phenoxy) is 1. The Hall–Kier alpha value is -3.63. The summed E-state index contributed by atoms with van der Waals surface area (Å²) in [4.78, 5) is 31.4. The molecule has 1 amide bonds. The average Bonchev–Trinajstić information content (AvgIpc) is 3.51. The fraction of sp³-hybridized carbons (Fsp3) is 0.292. The Morgan fingerprint density at radius 1 is 1.09 bits per heavy atom. The molecule has 1 aliphatic rings. The van der Waals surface area contributed by atoms with Crippen molar-refractivity contribution in [2.24, 2.45) is 0 Å². The predicted octanol–water partition coefficient (Wildman–Crippen LogP) is 3.53. The average molecular weight is 477 g/mol. The number of carbonyl (C=O) groups is 1. The van der Waals surface area contributed by atoms with Gasteiger partial charge in [-0.15, -0.1) is 11.3 Å². The number of pyridine rings is 1. The van der Waals surface area contributed by atoms with Crippen molar-refractivity contribution in [1.82, 2.24) is 29.9 Å². The van der Waals surface area contributed by atoms with Gasteiger partial charge in [-0.1, -0.05) is 11.2 Å². The number of nitrogens with zero attached hydrogens (tertiary/aromatic N) is 6. The largest absolute Gasteiger partial charge is 0.497 e. The monoisotopic (exact) mass is 476 g/mol. The van der Waals surface area contributed by atoms with Crippen LogP contribution in [-0.2, 0) is 6.54 Å². The molecule has 0 spiro atoms. The Labute approximate surface area is 201 Å². The first-order valence-corrected chi connectivity index (χ1v) is 11.8. The van der Waals surface area contributed by atoms with E-state index in [-0.39, 0.29) is 5.91 Å². The van der Waals surface area contributed by atoms with Gasteiger partial charge in [-0.05, 0) is 43.3 Å². The Morgan fingerprint density at radius 3 is 2.59 bits per heavy atom. The van der Waals surface area contributed by atoms with Gasteiger partial charge in [0, 0.05) is 37.9 Å². The molecule has 0 radical (unpaired) electrons. The first-order valence-electron chi connectivity index (χ1n) is 11.0. The highest BCUT2D eigenvalue weighted by Crippen LogP contribution is 2.28. The summed E-state index contributed by atoms with van der Waals surface area (Å²) in [7, 11) is 1.63. The van der Waals surface area contributed by atoms with Crippen LogP contribution >= 0.6 is 11.3 Å². The van der Waals surface area contributed by atoms with Crippen molar-refractivity contribution < 1.29 is 14.1 Å². The topological polar surface area (TPSA) is 97.5 Å². The maximum absolute atomic E-state index is 13.1. The lowest BCUT2D eigenvalue weighted by Gasteiger charge is -2.33. The molecule has 0 aliphatic carbocycles. The third-order valence-corrected chi connectivity index (χ3v) is 6.88. The van der Waals surface area contributed by atoms with Crippen LogP contribution in [0.5, 0.6) is 5.75 Å². The van der Waals surface area contributed by atoms with Crippen molar-refractivity contribution in [3.8, 4) is 27.8 Å². The lowest BCUT2D eigenvalue weighted by atomic mass is 10.2. The number of amides is 1. The number of hydrogen-bond acceptors (Lipinski definition) is 9. The van der Waals surface area contributed by atoms with Gasteiger partial charge in [0.25, 0.3) is 5.91 Å². The van der Waals surface area contributed by atoms with Gasteiger partial charge < -0.3 is 14.2 Å². The van der Waals surface area contributed by atoms with E-state index in [2.05, 4.69) is 25.0 Å². The molecule has 1 aliphatic heterocycles. The maximum Gasteiger partial charge on any atom is 0.265 e. The zero-order valence-corrected chi connectivity index (χ0v) is 19.8. The number of rotatable bonds is 6. The van der Waals surface area contributed by atoms with Crippen LogP contribution < -0.4 is 4.74 Å². The minimum atomic E-state index is 0.0245. The molecule has 9 nitrogen and oxygen atoms in total. The summed E-state index contributed by atoms with van der Waals surface area (Å²) in [6, 6.07) is 13.2. The number of methoxy groups -OCH3 is 1. The number of carbonyl (C=O) groups excluding carboxylic acids is 1. The van der Waals surface area contributed by atoms with Crippen LogP contribution in [0.2, 0.25) is 0 Å². The van der Waals surface area contributed by atoms with Crippen molar-refractivity contribution >= 4 is 17.2 Å². The van der Waals surface area contributed by atoms with Crippen LogP contribution in [0, 0.1) is 6.92 Å². The molecule has 0 bridgehead atoms. The third kappa shape index (κ3) is 4.68. The van der Waals surface area contributed by atoms with Crippen molar-refractivity contribution in [3.63, 3.8) is 0 Å². The zero-order chi connectivity index (χ0) is 23.5. The van der Waals surface area contributed by atoms with E-state index in [1.807, 2.05) is 54.3 Å². The summed E-state index contributed by atoms with van der Waals surface area (Å²) < 4.78 is 10.6. The molecule has 0 atom stereocenters. The van der Waals surface area contributed by atoms with Crippen LogP contribution in [0.4, 0.5) is 0 Å². The van der Waals surface area contributed by atoms with Gasteiger partial charge in [-0.3, -0.25) is 14.7 Å². The van der Waals surface area contributed by atoms with E-state index >= 15 is 0 Å². The van der Waals surface area contributed by atoms with Crippen LogP contribution in [0.3, 0.4) is 0 Å². The summed E-state index contributed by atoms with van der Waals surface area (Å²) in [6.07, 6.45) is 1.73. The number of piperazine rings is 1. The van der Waals surface area contributed by atoms with Crippen LogP contribution in [0.15, 0.2) is 53.2 Å². The van der Waals surface area contributed by atoms with Crippen LogP contribution in [0.25, 0.3) is 22.1 Å². The highest BCUT2D eigenvalue weighted by atomic mass is 32.1. The molecule has 5 rings (SSSR count). The summed E-state index contributed by atoms with van der Waals surface area (Å²) in [5.74, 6) is 1.91. The van der Waals surface area contributed by atoms with E-state index in [1.54, 1.807) is 13.3 Å². The predicted molar refractivity (Wildman–Crippen MR) is 128 cm³/mol. The lowest BCUT2D eigenvalue weighted by Crippen LogP contribution is -2.48. The van der Waals surface area contributed by atoms with Crippen molar-refractivity contribution in [3.05, 3.63) is 65.1 Å². The van der Waals surface area contributed by atoms with E-state index < -0.39 is 0 Å². The SMILES string of the molecule is COc1ccc(-c2noc(CN3CCN(C(=O)c4sc(-c5ccccn5)nc4C)CC3)n2)cc1. The zero-order valence-electron chi connectivity index (χ0n) is 19.0. The van der Waals surface area contributed by atoms with Crippen molar-refractivity contribution in [1.29, 1.82) is 0 Å². The Morgan fingerprint density at radius 2 is 1.88 bits per heavy atom. The number of aryl methyl sites for hydroxylation is 1. The standard InChI is InChI=1S/C24H24N6O3S/c1-16-21(34-23(26-16)19-5-3-4-10-25-19)24(31)30-13-11-29(12-14-30)15-20-27-22(28-33-20)17-6-8-18(32-2)9-7-17/h3-10H,11-15H2,1-2H3. The van der Waals surface area contributed by atoms with Gasteiger partial charge in [0.15, 0.2) is 0 Å². The molecule has 34 heavy (non-hydrogen) atoms. The minimum Gasteiger partial charge on any atom is -0.497 e. The number of aromatic nitrogens is 4. The maximum atomic E-state index is 13.1. The molecule has 0 unspecified atom stereocenters. The van der Waals surface area contributed by atoms with E-state index in [0.29, 0.717) is 36.2 Å². The number of hydrogen-bond donors (Lipinski definition) is 0. The summed E-state index contributed by atoms with van der Waals surface area (Å²) in [5.41, 5.74) is 2.40. The van der Waals surface area contributed by atoms with E-state index in [9.17, 15) is 4.79 Å². The molecule has 0 saturated carbocycles. The van der Waals surface area contributed by atoms with Gasteiger partial charge in [0.2, 0.25) is 11.7 Å². The highest BCUT2D eigenvalue weighted by Gasteiger charge is 2.26. The van der Waals surface area contributed by atoms with Crippen LogP contribution in [-0.4, -0.2) is 69.1 Å². The Bertz CT molecular complexity index is 1260. The second-order valence-electron chi connectivity index (χ2n) is 7.96. The summed E-state index contributed by atoms with van der Waals surface area (Å²) in [6.45, 7) is 5.16.